The predicted molar refractivity (Wildman–Crippen MR) is 391 cm³/mol. The lowest BCUT2D eigenvalue weighted by molar-refractivity contribution is -0.150. The Hall–Kier alpha value is -3.47. The minimum atomic E-state index is -4.78. The number of phosphoric acid groups is 2. The lowest BCUT2D eigenvalue weighted by atomic mass is 10.0. The molecular formula is C74H140N4O19P2. The van der Waals surface area contributed by atoms with Crippen LogP contribution in [0.1, 0.15) is 330 Å². The Kier molecular flexibility index (Phi) is 65.3. The number of nitrogens with one attached hydrogen (secondary N) is 4. The molecule has 0 aliphatic rings. The fourth-order valence-corrected chi connectivity index (χ4v) is 12.5. The zero-order chi connectivity index (χ0) is 73.1. The Bertz CT molecular complexity index is 2160. The molecule has 0 aromatic rings. The van der Waals surface area contributed by atoms with E-state index in [1.54, 1.807) is 0 Å². The molecule has 23 nitrogen and oxygen atoms in total. The smallest absolute Gasteiger partial charge is 0.462 e. The van der Waals surface area contributed by atoms with Gasteiger partial charge in [-0.05, 0) is 64.2 Å². The van der Waals surface area contributed by atoms with Crippen LogP contribution < -0.4 is 21.3 Å². The van der Waals surface area contributed by atoms with Crippen molar-refractivity contribution in [2.45, 2.75) is 354 Å². The number of allylic oxidation sites excluding steroid dienone is 2. The number of ether oxygens (including phenoxy) is 3. The number of amides is 4. The van der Waals surface area contributed by atoms with Crippen LogP contribution in [0.3, 0.4) is 0 Å². The first-order valence-corrected chi connectivity index (χ1v) is 41.8. The summed E-state index contributed by atoms with van der Waals surface area (Å²) >= 11 is 0. The summed E-state index contributed by atoms with van der Waals surface area (Å²) in [5, 5.41) is 20.8. The molecule has 0 heterocycles. The number of esters is 1. The number of aliphatic hydroxyl groups is 1. The summed E-state index contributed by atoms with van der Waals surface area (Å²) in [5.74, 6) is -3.08. The number of Topliss-reactive ketones (excluding diaryl/α,β-unsaturated/α-hetero) is 2. The Labute approximate surface area is 597 Å². The summed E-state index contributed by atoms with van der Waals surface area (Å²) < 4.78 is 64.2. The predicted octanol–water partition coefficient (Wildman–Crippen LogP) is 15.5. The lowest BCUT2D eigenvalue weighted by Crippen LogP contribution is -2.42. The van der Waals surface area contributed by atoms with E-state index in [0.29, 0.717) is 51.4 Å². The maximum atomic E-state index is 13.2. The molecule has 4 amide bonds. The monoisotopic (exact) mass is 1450 g/mol. The van der Waals surface area contributed by atoms with Crippen molar-refractivity contribution in [1.29, 1.82) is 0 Å². The molecule has 0 aromatic carbocycles. The van der Waals surface area contributed by atoms with Crippen LogP contribution in [-0.4, -0.2) is 146 Å². The van der Waals surface area contributed by atoms with Crippen LogP contribution in [0.5, 0.6) is 0 Å². The lowest BCUT2D eigenvalue weighted by Gasteiger charge is -2.22. The van der Waals surface area contributed by atoms with Crippen molar-refractivity contribution in [3.63, 3.8) is 0 Å². The first-order chi connectivity index (χ1) is 47.8. The van der Waals surface area contributed by atoms with Crippen molar-refractivity contribution in [3.8, 4) is 0 Å². The fraction of sp³-hybridized carbons (Fsp3) is 0.878. The van der Waals surface area contributed by atoms with E-state index in [2.05, 4.69) is 68.0 Å². The van der Waals surface area contributed by atoms with Gasteiger partial charge >= 0.3 is 21.6 Å². The summed E-state index contributed by atoms with van der Waals surface area (Å²) in [7, 11) is -9.51. The van der Waals surface area contributed by atoms with Gasteiger partial charge in [0.05, 0.1) is 77.3 Å². The highest BCUT2D eigenvalue weighted by molar-refractivity contribution is 7.47. The SMILES string of the molecule is CCCCCC/C=C/CCCC(=O)OC(CCCCCCC)CCOCC(COP(=O)(O)OCCNC(=O)CCC(=O)NCCOP(=O)(O)OCC(COCCC(O)CCCCCCC)NC(=O)CC(=O)CCCCCCCCCCC)NC(=O)CC(=O)CCCCCCCCCCC. The second-order valence-electron chi connectivity index (χ2n) is 26.6. The molecule has 0 aliphatic heterocycles. The minimum absolute atomic E-state index is 0.138. The Balaban J connectivity index is 5.32. The Morgan fingerprint density at radius 3 is 1.16 bits per heavy atom. The molecule has 99 heavy (non-hydrogen) atoms. The number of unbranched alkanes of at least 4 members (excludes halogenated alkanes) is 29. The largest absolute Gasteiger partial charge is 0.472 e. The third-order valence-electron chi connectivity index (χ3n) is 16.9. The molecule has 0 saturated heterocycles. The molecule has 0 rings (SSSR count). The molecule has 0 radical (unpaired) electrons. The van der Waals surface area contributed by atoms with Crippen molar-refractivity contribution >= 4 is 56.8 Å². The average molecular weight is 1450 g/mol. The van der Waals surface area contributed by atoms with Crippen LogP contribution in [0.2, 0.25) is 0 Å². The Morgan fingerprint density at radius 2 is 0.737 bits per heavy atom. The van der Waals surface area contributed by atoms with E-state index in [0.717, 1.165) is 116 Å². The van der Waals surface area contributed by atoms with Gasteiger partial charge in [-0.25, -0.2) is 9.13 Å². The van der Waals surface area contributed by atoms with Gasteiger partial charge < -0.3 is 50.4 Å². The van der Waals surface area contributed by atoms with Crippen molar-refractivity contribution in [2.24, 2.45) is 0 Å². The summed E-state index contributed by atoms with van der Waals surface area (Å²) in [4.78, 5) is 111. The fourth-order valence-electron chi connectivity index (χ4n) is 11.0. The van der Waals surface area contributed by atoms with Gasteiger partial charge in [0.25, 0.3) is 0 Å². The third kappa shape index (κ3) is 66.2. The molecule has 6 atom stereocenters. The van der Waals surface area contributed by atoms with Crippen LogP contribution in [0.15, 0.2) is 12.2 Å². The zero-order valence-corrected chi connectivity index (χ0v) is 64.1. The van der Waals surface area contributed by atoms with E-state index in [4.69, 9.17) is 32.3 Å². The van der Waals surface area contributed by atoms with Gasteiger partial charge in [-0.15, -0.1) is 0 Å². The molecule has 25 heteroatoms. The number of phosphoric ester groups is 2. The molecular weight excluding hydrogens is 1310 g/mol. The van der Waals surface area contributed by atoms with Crippen LogP contribution >= 0.6 is 15.6 Å². The molecule has 0 saturated carbocycles. The summed E-state index contributed by atoms with van der Waals surface area (Å²) in [5.41, 5.74) is 0. The molecule has 0 aliphatic carbocycles. The van der Waals surface area contributed by atoms with E-state index in [9.17, 15) is 57.6 Å². The molecule has 0 spiro atoms. The number of rotatable bonds is 75. The second-order valence-corrected chi connectivity index (χ2v) is 29.5. The van der Waals surface area contributed by atoms with E-state index in [-0.39, 0.29) is 102 Å². The number of ketones is 2. The number of hydrogen-bond acceptors (Lipinski definition) is 17. The molecule has 0 bridgehead atoms. The summed E-state index contributed by atoms with van der Waals surface area (Å²) in [6.07, 6.45) is 42.3. The molecule has 7 N–H and O–H groups in total. The van der Waals surface area contributed by atoms with Gasteiger partial charge in [0, 0.05) is 58.2 Å². The number of carbonyl (C=O) groups excluding carboxylic acids is 7. The Morgan fingerprint density at radius 1 is 0.374 bits per heavy atom. The number of hydrogen-bond donors (Lipinski definition) is 7. The third-order valence-corrected chi connectivity index (χ3v) is 18.9. The quantitative estimate of drug-likeness (QED) is 0.00978. The first kappa shape index (κ1) is 95.5. The van der Waals surface area contributed by atoms with Gasteiger partial charge in [0.2, 0.25) is 23.6 Å². The van der Waals surface area contributed by atoms with Crippen LogP contribution in [-0.2, 0) is 75.0 Å². The maximum Gasteiger partial charge on any atom is 0.472 e. The molecule has 0 fully saturated rings. The topological polar surface area (TPSA) is 327 Å². The average Bonchev–Trinajstić information content (AvgIpc) is 0.990. The zero-order valence-electron chi connectivity index (χ0n) is 62.3. The van der Waals surface area contributed by atoms with Gasteiger partial charge in [-0.3, -0.25) is 51.7 Å². The summed E-state index contributed by atoms with van der Waals surface area (Å²) in [6, 6.07) is -1.92. The standard InChI is InChI=1S/C74H140N4O19P2/c1-6-11-16-21-24-27-30-35-39-44-67(80)58-72(84)77-64(60-91-54-50-66(79)43-38-33-19-14-9-4)62-95-98(87,88)93-56-52-75-70(82)48-49-71(83)76-53-57-94-99(89,90)96-63-65(78-73(85)59-68(81)45-40-36-31-28-25-22-17-12-7-2)61-92-55-51-69(46-41-34-20-15-10-5)97-74(86)47-42-37-32-29-26-23-18-13-8-3/h29,32,64-66,69,79H,6-28,30-31,33-63H2,1-5H3,(H,75,82)(H,76,83)(H,77,84)(H,78,85)(H,87,88)(H,89,90)/b32-29+. The molecule has 6 unspecified atom stereocenters. The summed E-state index contributed by atoms with van der Waals surface area (Å²) in [6.45, 7) is 8.40. The van der Waals surface area contributed by atoms with Gasteiger partial charge in [0.1, 0.15) is 17.7 Å². The highest BCUT2D eigenvalue weighted by Crippen LogP contribution is 2.44. The van der Waals surface area contributed by atoms with Crippen LogP contribution in [0, 0.1) is 0 Å². The second kappa shape index (κ2) is 67.7. The highest BCUT2D eigenvalue weighted by Gasteiger charge is 2.27. The molecule has 0 aromatic heterocycles. The van der Waals surface area contributed by atoms with Crippen LogP contribution in [0.4, 0.5) is 0 Å². The first-order valence-electron chi connectivity index (χ1n) is 38.8. The number of aliphatic hydroxyl groups excluding tert-OH is 1. The van der Waals surface area contributed by atoms with E-state index in [1.165, 1.54) is 89.9 Å². The van der Waals surface area contributed by atoms with Crippen molar-refractivity contribution in [3.05, 3.63) is 12.2 Å². The van der Waals surface area contributed by atoms with Gasteiger partial charge in [-0.2, -0.15) is 0 Å². The van der Waals surface area contributed by atoms with E-state index >= 15 is 0 Å². The van der Waals surface area contributed by atoms with Crippen molar-refractivity contribution in [1.82, 2.24) is 21.3 Å². The van der Waals surface area contributed by atoms with Gasteiger partial charge in [-0.1, -0.05) is 227 Å². The maximum absolute atomic E-state index is 13.2. The number of carbonyl (C=O) groups is 7. The minimum Gasteiger partial charge on any atom is -0.462 e. The molecule has 580 valence electrons. The van der Waals surface area contributed by atoms with Gasteiger partial charge in [0.15, 0.2) is 0 Å². The van der Waals surface area contributed by atoms with E-state index < -0.39 is 83.9 Å². The van der Waals surface area contributed by atoms with E-state index in [1.807, 2.05) is 0 Å². The highest BCUT2D eigenvalue weighted by atomic mass is 31.2. The normalized spacial score (nSPS) is 14.1. The van der Waals surface area contributed by atoms with Crippen molar-refractivity contribution in [2.75, 3.05) is 65.9 Å². The van der Waals surface area contributed by atoms with Crippen LogP contribution in [0.25, 0.3) is 0 Å². The van der Waals surface area contributed by atoms with Crippen molar-refractivity contribution < 1.29 is 89.9 Å².